The minimum atomic E-state index is 0.0933. The lowest BCUT2D eigenvalue weighted by Gasteiger charge is -2.03. The van der Waals surface area contributed by atoms with Gasteiger partial charge in [-0.05, 0) is 31.0 Å². The number of benzene rings is 2. The molecule has 0 bridgehead atoms. The molecule has 0 unspecified atom stereocenters. The molecule has 0 fully saturated rings. The van der Waals surface area contributed by atoms with E-state index in [1.54, 1.807) is 0 Å². The first-order chi connectivity index (χ1) is 11.1. The van der Waals surface area contributed by atoms with E-state index in [2.05, 4.69) is 15.2 Å². The molecule has 1 heterocycles. The lowest BCUT2D eigenvalue weighted by molar-refractivity contribution is 0.102. The van der Waals surface area contributed by atoms with E-state index in [4.69, 9.17) is 0 Å². The van der Waals surface area contributed by atoms with Gasteiger partial charge in [-0.15, -0.1) is 10.2 Å². The van der Waals surface area contributed by atoms with Crippen molar-refractivity contribution in [3.8, 4) is 11.4 Å². The van der Waals surface area contributed by atoms with Crippen LogP contribution in [0.5, 0.6) is 0 Å². The van der Waals surface area contributed by atoms with Crippen LogP contribution in [0.3, 0.4) is 0 Å². The molecule has 5 heteroatoms. The summed E-state index contributed by atoms with van der Waals surface area (Å²) in [6.45, 7) is 4.06. The van der Waals surface area contributed by atoms with Crippen molar-refractivity contribution in [2.45, 2.75) is 19.0 Å². The van der Waals surface area contributed by atoms with Gasteiger partial charge in [0.25, 0.3) is 0 Å². The number of aromatic amines is 1. The smallest absolute Gasteiger partial charge is 0.189 e. The largest absolute Gasteiger partial charge is 0.316 e. The third-order valence-corrected chi connectivity index (χ3v) is 4.55. The maximum absolute atomic E-state index is 12.3. The molecule has 0 saturated heterocycles. The quantitative estimate of drug-likeness (QED) is 0.568. The zero-order valence-corrected chi connectivity index (χ0v) is 13.9. The molecule has 0 spiro atoms. The predicted molar refractivity (Wildman–Crippen MR) is 92.8 cm³/mol. The van der Waals surface area contributed by atoms with Crippen LogP contribution in [0.2, 0.25) is 0 Å². The van der Waals surface area contributed by atoms with Gasteiger partial charge in [0.2, 0.25) is 0 Å². The zero-order valence-electron chi connectivity index (χ0n) is 13.0. The standard InChI is InChI=1S/C18H17N3OS/c1-12-8-9-15(10-13(12)2)16(22)11-23-18-19-17(20-21-18)14-6-4-3-5-7-14/h3-10H,11H2,1-2H3,(H,19,20,21). The van der Waals surface area contributed by atoms with Gasteiger partial charge in [-0.2, -0.15) is 0 Å². The van der Waals surface area contributed by atoms with E-state index in [9.17, 15) is 4.79 Å². The van der Waals surface area contributed by atoms with Gasteiger partial charge in [0, 0.05) is 11.1 Å². The molecular weight excluding hydrogens is 306 g/mol. The van der Waals surface area contributed by atoms with E-state index in [-0.39, 0.29) is 5.78 Å². The number of aryl methyl sites for hydroxylation is 2. The molecule has 116 valence electrons. The van der Waals surface area contributed by atoms with Crippen LogP contribution >= 0.6 is 11.8 Å². The van der Waals surface area contributed by atoms with Crippen LogP contribution in [0.1, 0.15) is 21.5 Å². The molecule has 0 aliphatic carbocycles. The van der Waals surface area contributed by atoms with Gasteiger partial charge in [-0.1, -0.05) is 54.2 Å². The number of Topliss-reactive ketones (excluding diaryl/α,β-unsaturated/α-hetero) is 1. The normalized spacial score (nSPS) is 10.7. The molecule has 0 radical (unpaired) electrons. The molecule has 3 rings (SSSR count). The van der Waals surface area contributed by atoms with Crippen molar-refractivity contribution in [2.24, 2.45) is 0 Å². The van der Waals surface area contributed by atoms with Gasteiger partial charge in [0.15, 0.2) is 16.8 Å². The van der Waals surface area contributed by atoms with E-state index < -0.39 is 0 Å². The molecule has 0 aliphatic heterocycles. The number of ketones is 1. The van der Waals surface area contributed by atoms with Crippen LogP contribution < -0.4 is 0 Å². The van der Waals surface area contributed by atoms with Crippen LogP contribution in [0.25, 0.3) is 11.4 Å². The van der Waals surface area contributed by atoms with E-state index in [1.165, 1.54) is 17.3 Å². The van der Waals surface area contributed by atoms with Crippen molar-refractivity contribution < 1.29 is 4.79 Å². The van der Waals surface area contributed by atoms with Gasteiger partial charge in [-0.3, -0.25) is 4.79 Å². The number of thioether (sulfide) groups is 1. The van der Waals surface area contributed by atoms with Gasteiger partial charge in [0.1, 0.15) is 0 Å². The number of hydrogen-bond acceptors (Lipinski definition) is 4. The molecule has 4 nitrogen and oxygen atoms in total. The average Bonchev–Trinajstić information content (AvgIpc) is 3.05. The second-order valence-electron chi connectivity index (χ2n) is 5.36. The Morgan fingerprint density at radius 1 is 1.04 bits per heavy atom. The van der Waals surface area contributed by atoms with E-state index >= 15 is 0 Å². The first-order valence-corrected chi connectivity index (χ1v) is 8.33. The molecule has 3 aromatic rings. The maximum atomic E-state index is 12.3. The van der Waals surface area contributed by atoms with E-state index in [0.717, 1.165) is 16.7 Å². The first-order valence-electron chi connectivity index (χ1n) is 7.35. The Hall–Kier alpha value is -2.40. The molecule has 23 heavy (non-hydrogen) atoms. The molecule has 1 aromatic heterocycles. The SMILES string of the molecule is Cc1ccc(C(=O)CSc2nnc(-c3ccccc3)[nH]2)cc1C. The van der Waals surface area contributed by atoms with Crippen molar-refractivity contribution in [2.75, 3.05) is 5.75 Å². The van der Waals surface area contributed by atoms with Crippen LogP contribution in [-0.2, 0) is 0 Å². The number of nitrogens with zero attached hydrogens (tertiary/aromatic N) is 2. The molecule has 0 atom stereocenters. The fourth-order valence-electron chi connectivity index (χ4n) is 2.17. The Morgan fingerprint density at radius 3 is 2.57 bits per heavy atom. The molecule has 0 aliphatic rings. The second-order valence-corrected chi connectivity index (χ2v) is 6.32. The van der Waals surface area contributed by atoms with Crippen molar-refractivity contribution in [1.82, 2.24) is 15.2 Å². The minimum Gasteiger partial charge on any atom is -0.316 e. The third-order valence-electron chi connectivity index (χ3n) is 3.68. The zero-order chi connectivity index (χ0) is 16.2. The molecule has 0 saturated carbocycles. The molecule has 2 aromatic carbocycles. The second kappa shape index (κ2) is 6.79. The highest BCUT2D eigenvalue weighted by atomic mass is 32.2. The van der Waals surface area contributed by atoms with Gasteiger partial charge >= 0.3 is 0 Å². The topological polar surface area (TPSA) is 58.6 Å². The third kappa shape index (κ3) is 3.68. The van der Waals surface area contributed by atoms with Crippen LogP contribution in [-0.4, -0.2) is 26.7 Å². The summed E-state index contributed by atoms with van der Waals surface area (Å²) in [6.07, 6.45) is 0. The summed E-state index contributed by atoms with van der Waals surface area (Å²) in [4.78, 5) is 15.4. The number of nitrogens with one attached hydrogen (secondary N) is 1. The summed E-state index contributed by atoms with van der Waals surface area (Å²) in [6, 6.07) is 15.6. The highest BCUT2D eigenvalue weighted by Gasteiger charge is 2.11. The molecule has 0 amide bonds. The van der Waals surface area contributed by atoms with Gasteiger partial charge < -0.3 is 4.98 Å². The van der Waals surface area contributed by atoms with Crippen molar-refractivity contribution in [3.63, 3.8) is 0 Å². The Morgan fingerprint density at radius 2 is 1.83 bits per heavy atom. The number of H-pyrrole nitrogens is 1. The summed E-state index contributed by atoms with van der Waals surface area (Å²) >= 11 is 1.37. The van der Waals surface area contributed by atoms with Crippen molar-refractivity contribution >= 4 is 17.5 Å². The molecular formula is C18H17N3OS. The summed E-state index contributed by atoms with van der Waals surface area (Å²) in [5, 5.41) is 8.87. The Bertz CT molecular complexity index is 827. The average molecular weight is 323 g/mol. The fraction of sp³-hybridized carbons (Fsp3) is 0.167. The van der Waals surface area contributed by atoms with Crippen LogP contribution in [0.15, 0.2) is 53.7 Å². The van der Waals surface area contributed by atoms with Crippen LogP contribution in [0.4, 0.5) is 0 Å². The highest BCUT2D eigenvalue weighted by Crippen LogP contribution is 2.20. The van der Waals surface area contributed by atoms with Crippen molar-refractivity contribution in [3.05, 3.63) is 65.2 Å². The fourth-order valence-corrected chi connectivity index (χ4v) is 2.87. The number of carbonyl (C=O) groups is 1. The van der Waals surface area contributed by atoms with Crippen LogP contribution in [0, 0.1) is 13.8 Å². The van der Waals surface area contributed by atoms with E-state index in [0.29, 0.717) is 16.7 Å². The Kier molecular flexibility index (Phi) is 4.57. The lowest BCUT2D eigenvalue weighted by atomic mass is 10.0. The number of hydrogen-bond donors (Lipinski definition) is 1. The number of aromatic nitrogens is 3. The van der Waals surface area contributed by atoms with Crippen molar-refractivity contribution in [1.29, 1.82) is 0 Å². The number of carbonyl (C=O) groups excluding carboxylic acids is 1. The van der Waals surface area contributed by atoms with Gasteiger partial charge in [0.05, 0.1) is 5.75 Å². The minimum absolute atomic E-state index is 0.0933. The maximum Gasteiger partial charge on any atom is 0.189 e. The Balaban J connectivity index is 1.65. The monoisotopic (exact) mass is 323 g/mol. The first kappa shape index (κ1) is 15.5. The van der Waals surface area contributed by atoms with E-state index in [1.807, 2.05) is 62.4 Å². The summed E-state index contributed by atoms with van der Waals surface area (Å²) in [5.41, 5.74) is 4.04. The van der Waals surface area contributed by atoms with Gasteiger partial charge in [-0.25, -0.2) is 0 Å². The highest BCUT2D eigenvalue weighted by molar-refractivity contribution is 7.99. The number of rotatable bonds is 5. The predicted octanol–water partition coefficient (Wildman–Crippen LogP) is 4.06. The summed E-state index contributed by atoms with van der Waals surface area (Å²) in [5.74, 6) is 1.15. The molecule has 1 N–H and O–H groups in total. The Labute approximate surface area is 139 Å². The summed E-state index contributed by atoms with van der Waals surface area (Å²) in [7, 11) is 0. The summed E-state index contributed by atoms with van der Waals surface area (Å²) < 4.78 is 0. The lowest BCUT2D eigenvalue weighted by Crippen LogP contribution is -2.03.